The van der Waals surface area contributed by atoms with Crippen LogP contribution in [0.5, 0.6) is 5.75 Å². The number of rotatable bonds is 9. The number of allylic oxidation sites excluding steroid dienone is 5. The lowest BCUT2D eigenvalue weighted by atomic mass is 9.86. The van der Waals surface area contributed by atoms with Crippen molar-refractivity contribution in [1.82, 2.24) is 0 Å². The zero-order valence-corrected chi connectivity index (χ0v) is 15.9. The second-order valence-electron chi connectivity index (χ2n) is 6.91. The van der Waals surface area contributed by atoms with Gasteiger partial charge < -0.3 is 9.47 Å². The van der Waals surface area contributed by atoms with Crippen LogP contribution in [-0.4, -0.2) is 19.2 Å². The molecular formula is C24H28O3. The van der Waals surface area contributed by atoms with Crippen molar-refractivity contribution in [2.75, 3.05) is 13.2 Å². The van der Waals surface area contributed by atoms with Crippen LogP contribution in [0.3, 0.4) is 0 Å². The molecule has 27 heavy (non-hydrogen) atoms. The number of hydrogen-bond donors (Lipinski definition) is 0. The second-order valence-corrected chi connectivity index (χ2v) is 6.91. The van der Waals surface area contributed by atoms with Crippen LogP contribution in [0.1, 0.15) is 49.7 Å². The maximum atomic E-state index is 11.0. The Morgan fingerprint density at radius 2 is 2.00 bits per heavy atom. The van der Waals surface area contributed by atoms with Gasteiger partial charge in [0.15, 0.2) is 0 Å². The second kappa shape index (κ2) is 9.96. The minimum absolute atomic E-state index is 0.353. The summed E-state index contributed by atoms with van der Waals surface area (Å²) >= 11 is 0. The van der Waals surface area contributed by atoms with Gasteiger partial charge >= 0.3 is 5.97 Å². The molecule has 0 amide bonds. The van der Waals surface area contributed by atoms with Gasteiger partial charge in [0.05, 0.1) is 13.2 Å². The van der Waals surface area contributed by atoms with Gasteiger partial charge in [-0.25, -0.2) is 4.79 Å². The molecule has 0 spiro atoms. The van der Waals surface area contributed by atoms with Crippen LogP contribution in [0.2, 0.25) is 0 Å². The number of fused-ring (bicyclic) bond motifs is 1. The summed E-state index contributed by atoms with van der Waals surface area (Å²) in [5.41, 5.74) is 5.42. The lowest BCUT2D eigenvalue weighted by Crippen LogP contribution is -2.07. The summed E-state index contributed by atoms with van der Waals surface area (Å²) in [6.07, 6.45) is 17.6. The molecule has 2 aliphatic carbocycles. The Morgan fingerprint density at radius 1 is 1.11 bits per heavy atom. The molecule has 142 valence electrons. The quantitative estimate of drug-likeness (QED) is 0.326. The van der Waals surface area contributed by atoms with Crippen LogP contribution in [-0.2, 0) is 16.0 Å². The SMILES string of the molecule is C=CC(=O)OCCCCCOc1cccc2c1CCC(C1=CCCC=C1)=C2. The molecule has 0 aliphatic heterocycles. The monoisotopic (exact) mass is 364 g/mol. The third-order valence-electron chi connectivity index (χ3n) is 4.97. The van der Waals surface area contributed by atoms with Crippen molar-refractivity contribution in [2.45, 2.75) is 44.9 Å². The summed E-state index contributed by atoms with van der Waals surface area (Å²) < 4.78 is 11.0. The Bertz CT molecular complexity index is 768. The number of hydrogen-bond acceptors (Lipinski definition) is 3. The molecule has 1 aromatic carbocycles. The number of ether oxygens (including phenoxy) is 2. The third kappa shape index (κ3) is 5.46. The van der Waals surface area contributed by atoms with E-state index in [2.05, 4.69) is 49.1 Å². The molecule has 0 unspecified atom stereocenters. The largest absolute Gasteiger partial charge is 0.493 e. The summed E-state index contributed by atoms with van der Waals surface area (Å²) in [4.78, 5) is 11.0. The fourth-order valence-corrected chi connectivity index (χ4v) is 3.51. The van der Waals surface area contributed by atoms with E-state index in [1.807, 2.05) is 0 Å². The van der Waals surface area contributed by atoms with Crippen LogP contribution in [0.25, 0.3) is 6.08 Å². The molecule has 0 atom stereocenters. The van der Waals surface area contributed by atoms with Crippen molar-refractivity contribution in [3.63, 3.8) is 0 Å². The van der Waals surface area contributed by atoms with Crippen molar-refractivity contribution in [1.29, 1.82) is 0 Å². The number of carbonyl (C=O) groups excluding carboxylic acids is 1. The summed E-state index contributed by atoms with van der Waals surface area (Å²) in [6.45, 7) is 4.52. The van der Waals surface area contributed by atoms with Crippen LogP contribution < -0.4 is 4.74 Å². The molecule has 3 heteroatoms. The van der Waals surface area contributed by atoms with Crippen molar-refractivity contribution in [3.05, 3.63) is 71.4 Å². The number of esters is 1. The normalized spacial score (nSPS) is 15.4. The topological polar surface area (TPSA) is 35.5 Å². The zero-order valence-electron chi connectivity index (χ0n) is 15.9. The molecule has 3 rings (SSSR count). The summed E-state index contributed by atoms with van der Waals surface area (Å²) in [5, 5.41) is 0. The molecule has 0 saturated carbocycles. The van der Waals surface area contributed by atoms with E-state index < -0.39 is 0 Å². The lowest BCUT2D eigenvalue weighted by Gasteiger charge is -2.21. The van der Waals surface area contributed by atoms with Gasteiger partial charge in [0.1, 0.15) is 5.75 Å². The van der Waals surface area contributed by atoms with Gasteiger partial charge in [-0.15, -0.1) is 0 Å². The minimum Gasteiger partial charge on any atom is -0.493 e. The van der Waals surface area contributed by atoms with E-state index in [1.54, 1.807) is 0 Å². The van der Waals surface area contributed by atoms with E-state index in [1.165, 1.54) is 28.3 Å². The van der Waals surface area contributed by atoms with Crippen LogP contribution in [0.4, 0.5) is 0 Å². The highest BCUT2D eigenvalue weighted by Crippen LogP contribution is 2.34. The Morgan fingerprint density at radius 3 is 2.81 bits per heavy atom. The van der Waals surface area contributed by atoms with Gasteiger partial charge in [0.2, 0.25) is 0 Å². The zero-order chi connectivity index (χ0) is 18.9. The predicted octanol–water partition coefficient (Wildman–Crippen LogP) is 5.57. The number of unbranched alkanes of at least 4 members (excludes halogenated alkanes) is 2. The average Bonchev–Trinajstić information content (AvgIpc) is 2.73. The van der Waals surface area contributed by atoms with E-state index in [0.717, 1.165) is 50.7 Å². The first kappa shape index (κ1) is 19.2. The average molecular weight is 364 g/mol. The van der Waals surface area contributed by atoms with Gasteiger partial charge in [-0.05, 0) is 67.7 Å². The number of carbonyl (C=O) groups is 1. The molecule has 1 aromatic rings. The standard InChI is InChI=1S/C24H28O3/c1-2-24(25)27-17-8-4-7-16-26-23-13-9-12-21-18-20(14-15-22(21)23)19-10-5-3-6-11-19/h2,5,9-13,18H,1,3-4,6-8,14-17H2. The van der Waals surface area contributed by atoms with Gasteiger partial charge in [-0.3, -0.25) is 0 Å². The Balaban J connectivity index is 1.50. The van der Waals surface area contributed by atoms with E-state index in [0.29, 0.717) is 13.2 Å². The predicted molar refractivity (Wildman–Crippen MR) is 110 cm³/mol. The first-order valence-corrected chi connectivity index (χ1v) is 9.89. The van der Waals surface area contributed by atoms with Gasteiger partial charge in [0.25, 0.3) is 0 Å². The molecule has 0 radical (unpaired) electrons. The third-order valence-corrected chi connectivity index (χ3v) is 4.97. The van der Waals surface area contributed by atoms with E-state index in [-0.39, 0.29) is 5.97 Å². The van der Waals surface area contributed by atoms with Gasteiger partial charge in [0, 0.05) is 11.6 Å². The maximum absolute atomic E-state index is 11.0. The molecule has 0 N–H and O–H groups in total. The van der Waals surface area contributed by atoms with Crippen molar-refractivity contribution in [3.8, 4) is 5.75 Å². The van der Waals surface area contributed by atoms with E-state index in [9.17, 15) is 4.79 Å². The lowest BCUT2D eigenvalue weighted by molar-refractivity contribution is -0.137. The highest BCUT2D eigenvalue weighted by atomic mass is 16.5. The van der Waals surface area contributed by atoms with E-state index >= 15 is 0 Å². The van der Waals surface area contributed by atoms with Crippen molar-refractivity contribution in [2.24, 2.45) is 0 Å². The Labute approximate surface area is 162 Å². The molecule has 0 aromatic heterocycles. The van der Waals surface area contributed by atoms with Crippen LogP contribution in [0, 0.1) is 0 Å². The smallest absolute Gasteiger partial charge is 0.330 e. The Kier molecular flexibility index (Phi) is 7.09. The van der Waals surface area contributed by atoms with Crippen molar-refractivity contribution < 1.29 is 14.3 Å². The molecule has 3 nitrogen and oxygen atoms in total. The maximum Gasteiger partial charge on any atom is 0.330 e. The summed E-state index contributed by atoms with van der Waals surface area (Å²) in [6, 6.07) is 6.33. The molecule has 0 saturated heterocycles. The fourth-order valence-electron chi connectivity index (χ4n) is 3.51. The highest BCUT2D eigenvalue weighted by Gasteiger charge is 2.16. The number of benzene rings is 1. The van der Waals surface area contributed by atoms with Crippen LogP contribution in [0.15, 0.2) is 60.2 Å². The van der Waals surface area contributed by atoms with Gasteiger partial charge in [-0.1, -0.05) is 43.0 Å². The summed E-state index contributed by atoms with van der Waals surface area (Å²) in [7, 11) is 0. The fraction of sp³-hybridized carbons (Fsp3) is 0.375. The first-order valence-electron chi connectivity index (χ1n) is 9.89. The van der Waals surface area contributed by atoms with Crippen molar-refractivity contribution >= 4 is 12.0 Å². The molecule has 0 bridgehead atoms. The first-order chi connectivity index (χ1) is 13.3. The molecule has 0 heterocycles. The molecule has 0 fully saturated rings. The van der Waals surface area contributed by atoms with E-state index in [4.69, 9.17) is 9.47 Å². The molecule has 2 aliphatic rings. The highest BCUT2D eigenvalue weighted by molar-refractivity contribution is 5.81. The van der Waals surface area contributed by atoms with Crippen LogP contribution >= 0.6 is 0 Å². The summed E-state index contributed by atoms with van der Waals surface area (Å²) in [5.74, 6) is 0.656. The van der Waals surface area contributed by atoms with Gasteiger partial charge in [-0.2, -0.15) is 0 Å². The Hall–Kier alpha value is -2.55. The molecular weight excluding hydrogens is 336 g/mol. The minimum atomic E-state index is -0.353.